The summed E-state index contributed by atoms with van der Waals surface area (Å²) < 4.78 is 1.97. The molecule has 2 heterocycles. The van der Waals surface area contributed by atoms with E-state index in [-0.39, 0.29) is 0 Å². The molecule has 24 heavy (non-hydrogen) atoms. The van der Waals surface area contributed by atoms with Crippen LogP contribution in [-0.2, 0) is 6.42 Å². The molecule has 0 aliphatic heterocycles. The monoisotopic (exact) mass is 315 g/mol. The van der Waals surface area contributed by atoms with Gasteiger partial charge < -0.3 is 5.32 Å². The van der Waals surface area contributed by atoms with Crippen molar-refractivity contribution in [2.24, 2.45) is 0 Å². The molecule has 4 aromatic rings. The molecule has 0 spiro atoms. The topological polar surface area (TPSA) is 55.6 Å². The molecule has 4 rings (SSSR count). The van der Waals surface area contributed by atoms with Crippen molar-refractivity contribution in [2.45, 2.75) is 13.3 Å². The minimum absolute atomic E-state index is 0.718. The zero-order valence-electron chi connectivity index (χ0n) is 13.3. The average Bonchev–Trinajstić information content (AvgIpc) is 3.08. The SMILES string of the molecule is CCc1ccccc1Nc1ncnc2c1ncn2-c1ccccc1. The van der Waals surface area contributed by atoms with Gasteiger partial charge in [0.25, 0.3) is 0 Å². The van der Waals surface area contributed by atoms with Crippen LogP contribution in [0, 0.1) is 0 Å². The molecular weight excluding hydrogens is 298 g/mol. The van der Waals surface area contributed by atoms with Gasteiger partial charge in [-0.1, -0.05) is 43.3 Å². The molecule has 0 saturated heterocycles. The first-order valence-corrected chi connectivity index (χ1v) is 7.95. The Bertz CT molecular complexity index is 975. The van der Waals surface area contributed by atoms with Gasteiger partial charge in [0.2, 0.25) is 0 Å². The lowest BCUT2D eigenvalue weighted by Gasteiger charge is -2.10. The Hall–Kier alpha value is -3.21. The summed E-state index contributed by atoms with van der Waals surface area (Å²) in [6, 6.07) is 18.3. The molecule has 0 amide bonds. The standard InChI is InChI=1S/C19H17N5/c1-2-14-8-6-7-11-16(14)23-18-17-19(21-12-20-18)24(13-22-17)15-9-4-3-5-10-15/h3-13H,2H2,1H3,(H,20,21,23). The molecule has 0 unspecified atom stereocenters. The Morgan fingerprint density at radius 3 is 2.54 bits per heavy atom. The first kappa shape index (κ1) is 14.4. The van der Waals surface area contributed by atoms with Gasteiger partial charge in [0.1, 0.15) is 12.7 Å². The minimum Gasteiger partial charge on any atom is -0.338 e. The van der Waals surface area contributed by atoms with Crippen molar-refractivity contribution in [2.75, 3.05) is 5.32 Å². The van der Waals surface area contributed by atoms with E-state index in [0.717, 1.165) is 34.8 Å². The number of hydrogen-bond acceptors (Lipinski definition) is 4. The Morgan fingerprint density at radius 1 is 0.917 bits per heavy atom. The number of aryl methyl sites for hydroxylation is 1. The van der Waals surface area contributed by atoms with Crippen molar-refractivity contribution in [3.05, 3.63) is 72.8 Å². The number of anilines is 2. The van der Waals surface area contributed by atoms with Gasteiger partial charge in [0.15, 0.2) is 17.0 Å². The second-order valence-electron chi connectivity index (χ2n) is 5.48. The highest BCUT2D eigenvalue weighted by molar-refractivity contribution is 5.86. The number of imidazole rings is 1. The van der Waals surface area contributed by atoms with E-state index in [1.807, 2.05) is 47.0 Å². The van der Waals surface area contributed by atoms with Gasteiger partial charge in [-0.3, -0.25) is 4.57 Å². The van der Waals surface area contributed by atoms with Crippen LogP contribution in [0.4, 0.5) is 11.5 Å². The second kappa shape index (κ2) is 6.12. The quantitative estimate of drug-likeness (QED) is 0.615. The predicted molar refractivity (Wildman–Crippen MR) is 95.8 cm³/mol. The number of nitrogens with one attached hydrogen (secondary N) is 1. The molecule has 118 valence electrons. The van der Waals surface area contributed by atoms with Gasteiger partial charge in [0, 0.05) is 11.4 Å². The third-order valence-electron chi connectivity index (χ3n) is 4.02. The van der Waals surface area contributed by atoms with E-state index in [9.17, 15) is 0 Å². The number of hydrogen-bond donors (Lipinski definition) is 1. The third kappa shape index (κ3) is 2.50. The summed E-state index contributed by atoms with van der Waals surface area (Å²) in [6.45, 7) is 2.14. The highest BCUT2D eigenvalue weighted by atomic mass is 15.1. The lowest BCUT2D eigenvalue weighted by molar-refractivity contribution is 1.06. The number of rotatable bonds is 4. The summed E-state index contributed by atoms with van der Waals surface area (Å²) in [6.07, 6.45) is 4.31. The smallest absolute Gasteiger partial charge is 0.170 e. The lowest BCUT2D eigenvalue weighted by atomic mass is 10.1. The summed E-state index contributed by atoms with van der Waals surface area (Å²) in [4.78, 5) is 13.3. The number of aromatic nitrogens is 4. The van der Waals surface area contributed by atoms with Gasteiger partial charge in [-0.25, -0.2) is 15.0 Å². The molecule has 0 aliphatic rings. The van der Waals surface area contributed by atoms with E-state index in [1.165, 1.54) is 5.56 Å². The van der Waals surface area contributed by atoms with Crippen molar-refractivity contribution in [3.63, 3.8) is 0 Å². The van der Waals surface area contributed by atoms with Gasteiger partial charge in [-0.2, -0.15) is 0 Å². The van der Waals surface area contributed by atoms with Gasteiger partial charge >= 0.3 is 0 Å². The van der Waals surface area contributed by atoms with Crippen LogP contribution in [-0.4, -0.2) is 19.5 Å². The lowest BCUT2D eigenvalue weighted by Crippen LogP contribution is -2.00. The second-order valence-corrected chi connectivity index (χ2v) is 5.48. The molecule has 0 aliphatic carbocycles. The van der Waals surface area contributed by atoms with Crippen LogP contribution in [0.25, 0.3) is 16.9 Å². The van der Waals surface area contributed by atoms with Crippen LogP contribution in [0.3, 0.4) is 0 Å². The molecule has 5 nitrogen and oxygen atoms in total. The van der Waals surface area contributed by atoms with Gasteiger partial charge in [-0.05, 0) is 30.2 Å². The van der Waals surface area contributed by atoms with Crippen LogP contribution in [0.15, 0.2) is 67.3 Å². The maximum atomic E-state index is 4.52. The Kier molecular flexibility index (Phi) is 3.67. The maximum absolute atomic E-state index is 4.52. The van der Waals surface area contributed by atoms with E-state index < -0.39 is 0 Å². The number of para-hydroxylation sites is 2. The fourth-order valence-electron chi connectivity index (χ4n) is 2.78. The summed E-state index contributed by atoms with van der Waals surface area (Å²) in [7, 11) is 0. The van der Waals surface area contributed by atoms with Crippen LogP contribution >= 0.6 is 0 Å². The normalized spacial score (nSPS) is 10.9. The molecule has 0 radical (unpaired) electrons. The van der Waals surface area contributed by atoms with E-state index in [1.54, 1.807) is 12.7 Å². The zero-order valence-corrected chi connectivity index (χ0v) is 13.3. The van der Waals surface area contributed by atoms with Crippen LogP contribution in [0.5, 0.6) is 0 Å². The summed E-state index contributed by atoms with van der Waals surface area (Å²) >= 11 is 0. The van der Waals surface area contributed by atoms with Gasteiger partial charge in [0.05, 0.1) is 0 Å². The fourth-order valence-corrected chi connectivity index (χ4v) is 2.78. The summed E-state index contributed by atoms with van der Waals surface area (Å²) in [5.74, 6) is 0.718. The molecule has 0 fully saturated rings. The highest BCUT2D eigenvalue weighted by Crippen LogP contribution is 2.25. The van der Waals surface area contributed by atoms with Gasteiger partial charge in [-0.15, -0.1) is 0 Å². The molecule has 5 heteroatoms. The summed E-state index contributed by atoms with van der Waals surface area (Å²) in [5, 5.41) is 3.40. The van der Waals surface area contributed by atoms with Crippen molar-refractivity contribution in [3.8, 4) is 5.69 Å². The third-order valence-corrected chi connectivity index (χ3v) is 4.02. The van der Waals surface area contributed by atoms with Crippen LogP contribution in [0.1, 0.15) is 12.5 Å². The first-order valence-electron chi connectivity index (χ1n) is 7.95. The molecule has 2 aromatic heterocycles. The number of benzene rings is 2. The average molecular weight is 315 g/mol. The van der Waals surface area contributed by atoms with Crippen LogP contribution < -0.4 is 5.32 Å². The van der Waals surface area contributed by atoms with E-state index in [4.69, 9.17) is 0 Å². The molecule has 0 saturated carbocycles. The van der Waals surface area contributed by atoms with Crippen LogP contribution in [0.2, 0.25) is 0 Å². The first-order chi connectivity index (χ1) is 11.9. The van der Waals surface area contributed by atoms with E-state index >= 15 is 0 Å². The van der Waals surface area contributed by atoms with Crippen molar-refractivity contribution in [1.82, 2.24) is 19.5 Å². The Balaban J connectivity index is 1.79. The Morgan fingerprint density at radius 2 is 1.71 bits per heavy atom. The van der Waals surface area contributed by atoms with E-state index in [2.05, 4.69) is 39.3 Å². The summed E-state index contributed by atoms with van der Waals surface area (Å²) in [5.41, 5.74) is 4.86. The van der Waals surface area contributed by atoms with Crippen molar-refractivity contribution >= 4 is 22.7 Å². The number of nitrogens with zero attached hydrogens (tertiary/aromatic N) is 4. The molecule has 1 N–H and O–H groups in total. The Labute approximate surface area is 140 Å². The fraction of sp³-hybridized carbons (Fsp3) is 0.105. The molecule has 2 aromatic carbocycles. The maximum Gasteiger partial charge on any atom is 0.170 e. The largest absolute Gasteiger partial charge is 0.338 e. The van der Waals surface area contributed by atoms with Crippen molar-refractivity contribution < 1.29 is 0 Å². The van der Waals surface area contributed by atoms with Crippen molar-refractivity contribution in [1.29, 1.82) is 0 Å². The molecule has 0 bridgehead atoms. The predicted octanol–water partition coefficient (Wildman–Crippen LogP) is 4.12. The number of fused-ring (bicyclic) bond motifs is 1. The zero-order chi connectivity index (χ0) is 16.4. The highest BCUT2D eigenvalue weighted by Gasteiger charge is 2.12. The minimum atomic E-state index is 0.718. The van der Waals surface area contributed by atoms with E-state index in [0.29, 0.717) is 0 Å². The molecule has 0 atom stereocenters. The molecular formula is C19H17N5.